The van der Waals surface area contributed by atoms with Gasteiger partial charge in [0.15, 0.2) is 0 Å². The minimum absolute atomic E-state index is 0.255. The average Bonchev–Trinajstić information content (AvgIpc) is 2.25. The number of hydrogen-bond donors (Lipinski definition) is 2. The summed E-state index contributed by atoms with van der Waals surface area (Å²) in [4.78, 5) is 10.5. The van der Waals surface area contributed by atoms with Crippen LogP contribution in [-0.4, -0.2) is 19.0 Å². The van der Waals surface area contributed by atoms with Crippen LogP contribution in [0, 0.1) is 0 Å². The molecule has 0 bridgehead atoms. The van der Waals surface area contributed by atoms with Crippen molar-refractivity contribution in [3.8, 4) is 0 Å². The maximum atomic E-state index is 10.5. The number of primary amides is 1. The van der Waals surface area contributed by atoms with Gasteiger partial charge in [0.2, 0.25) is 5.91 Å². The summed E-state index contributed by atoms with van der Waals surface area (Å²) >= 11 is 0. The molecule has 1 unspecified atom stereocenters. The number of nitrogens with one attached hydrogen (secondary N) is 1. The number of benzene rings is 1. The van der Waals surface area contributed by atoms with Gasteiger partial charge in [-0.15, -0.1) is 0 Å². The molecule has 0 aliphatic carbocycles. The second kappa shape index (κ2) is 6.19. The molecular weight excluding hydrogens is 188 g/mol. The van der Waals surface area contributed by atoms with Crippen LogP contribution in [0.4, 0.5) is 0 Å². The Morgan fingerprint density at radius 2 is 2.07 bits per heavy atom. The molecule has 3 N–H and O–H groups in total. The van der Waals surface area contributed by atoms with Gasteiger partial charge in [0.05, 0.1) is 0 Å². The van der Waals surface area contributed by atoms with Crippen LogP contribution in [0.5, 0.6) is 0 Å². The summed E-state index contributed by atoms with van der Waals surface area (Å²) in [6, 6.07) is 10.3. The van der Waals surface area contributed by atoms with Crippen LogP contribution < -0.4 is 11.1 Å². The molecular formula is C12H18N2O. The maximum absolute atomic E-state index is 10.5. The quantitative estimate of drug-likeness (QED) is 0.688. The van der Waals surface area contributed by atoms with E-state index in [1.807, 2.05) is 18.2 Å². The molecule has 0 saturated carbocycles. The number of carbonyl (C=O) groups excluding carboxylic acids is 1. The molecule has 0 saturated heterocycles. The van der Waals surface area contributed by atoms with Crippen molar-refractivity contribution in [2.75, 3.05) is 13.1 Å². The molecule has 0 fully saturated rings. The molecule has 0 aromatic heterocycles. The van der Waals surface area contributed by atoms with E-state index >= 15 is 0 Å². The van der Waals surface area contributed by atoms with Gasteiger partial charge in [-0.25, -0.2) is 0 Å². The van der Waals surface area contributed by atoms with E-state index in [1.54, 1.807) is 0 Å². The van der Waals surface area contributed by atoms with Gasteiger partial charge in [-0.05, 0) is 11.5 Å². The first-order chi connectivity index (χ1) is 7.20. The van der Waals surface area contributed by atoms with Crippen LogP contribution in [0.2, 0.25) is 0 Å². The van der Waals surface area contributed by atoms with E-state index in [9.17, 15) is 4.79 Å². The number of rotatable bonds is 6. The first-order valence-electron chi connectivity index (χ1n) is 5.24. The summed E-state index contributed by atoms with van der Waals surface area (Å²) in [6.07, 6.45) is 0.404. The number of amides is 1. The largest absolute Gasteiger partial charge is 0.370 e. The average molecular weight is 206 g/mol. The monoisotopic (exact) mass is 206 g/mol. The summed E-state index contributed by atoms with van der Waals surface area (Å²) in [6.45, 7) is 3.69. The first-order valence-corrected chi connectivity index (χ1v) is 5.24. The molecule has 3 nitrogen and oxygen atoms in total. The Morgan fingerprint density at radius 3 is 2.67 bits per heavy atom. The highest BCUT2D eigenvalue weighted by molar-refractivity contribution is 5.73. The van der Waals surface area contributed by atoms with E-state index in [2.05, 4.69) is 24.4 Å². The normalized spacial score (nSPS) is 12.3. The highest BCUT2D eigenvalue weighted by Gasteiger charge is 2.03. The summed E-state index contributed by atoms with van der Waals surface area (Å²) in [5.41, 5.74) is 6.35. The minimum atomic E-state index is -0.255. The maximum Gasteiger partial charge on any atom is 0.218 e. The second-order valence-electron chi connectivity index (χ2n) is 3.73. The lowest BCUT2D eigenvalue weighted by Gasteiger charge is -2.12. The lowest BCUT2D eigenvalue weighted by molar-refractivity contribution is -0.117. The molecule has 1 amide bonds. The van der Waals surface area contributed by atoms with Crippen molar-refractivity contribution in [2.24, 2.45) is 5.73 Å². The standard InChI is InChI=1S/C12H18N2O/c1-10(9-14-8-7-12(13)15)11-5-3-2-4-6-11/h2-6,10,14H,7-9H2,1H3,(H2,13,15). The van der Waals surface area contributed by atoms with Crippen molar-refractivity contribution >= 4 is 5.91 Å². The molecule has 0 radical (unpaired) electrons. The van der Waals surface area contributed by atoms with Crippen molar-refractivity contribution < 1.29 is 4.79 Å². The SMILES string of the molecule is CC(CNCCC(N)=O)c1ccccc1. The zero-order valence-electron chi connectivity index (χ0n) is 9.07. The predicted molar refractivity (Wildman–Crippen MR) is 61.5 cm³/mol. The summed E-state index contributed by atoms with van der Waals surface area (Å²) in [7, 11) is 0. The Bertz CT molecular complexity index is 298. The molecule has 1 atom stereocenters. The lowest BCUT2D eigenvalue weighted by atomic mass is 10.0. The number of carbonyl (C=O) groups is 1. The highest BCUT2D eigenvalue weighted by Crippen LogP contribution is 2.12. The van der Waals surface area contributed by atoms with Crippen LogP contribution in [0.25, 0.3) is 0 Å². The zero-order valence-corrected chi connectivity index (χ0v) is 9.07. The van der Waals surface area contributed by atoms with E-state index in [0.29, 0.717) is 18.9 Å². The molecule has 3 heteroatoms. The number of nitrogens with two attached hydrogens (primary N) is 1. The van der Waals surface area contributed by atoms with Crippen molar-refractivity contribution in [3.63, 3.8) is 0 Å². The Balaban J connectivity index is 2.25. The molecule has 15 heavy (non-hydrogen) atoms. The van der Waals surface area contributed by atoms with Gasteiger partial charge in [0.25, 0.3) is 0 Å². The van der Waals surface area contributed by atoms with Gasteiger partial charge in [0.1, 0.15) is 0 Å². The second-order valence-corrected chi connectivity index (χ2v) is 3.73. The molecule has 0 aliphatic heterocycles. The van der Waals surface area contributed by atoms with Gasteiger partial charge in [-0.2, -0.15) is 0 Å². The molecule has 1 rings (SSSR count). The van der Waals surface area contributed by atoms with Crippen molar-refractivity contribution in [1.29, 1.82) is 0 Å². The summed E-state index contributed by atoms with van der Waals surface area (Å²) in [5.74, 6) is 0.203. The molecule has 1 aromatic carbocycles. The van der Waals surface area contributed by atoms with Crippen LogP contribution in [0.15, 0.2) is 30.3 Å². The highest BCUT2D eigenvalue weighted by atomic mass is 16.1. The third-order valence-electron chi connectivity index (χ3n) is 2.37. The van der Waals surface area contributed by atoms with Gasteiger partial charge in [-0.3, -0.25) is 4.79 Å². The van der Waals surface area contributed by atoms with Gasteiger partial charge >= 0.3 is 0 Å². The van der Waals surface area contributed by atoms with Crippen LogP contribution in [0.1, 0.15) is 24.8 Å². The molecule has 0 heterocycles. The predicted octanol–water partition coefficient (Wildman–Crippen LogP) is 1.26. The molecule has 0 aliphatic rings. The third kappa shape index (κ3) is 4.61. The topological polar surface area (TPSA) is 55.1 Å². The van der Waals surface area contributed by atoms with Crippen LogP contribution >= 0.6 is 0 Å². The van der Waals surface area contributed by atoms with E-state index in [0.717, 1.165) is 6.54 Å². The van der Waals surface area contributed by atoms with Crippen LogP contribution in [0.3, 0.4) is 0 Å². The Morgan fingerprint density at radius 1 is 1.40 bits per heavy atom. The van der Waals surface area contributed by atoms with Crippen molar-refractivity contribution in [2.45, 2.75) is 19.3 Å². The van der Waals surface area contributed by atoms with Gasteiger partial charge in [0, 0.05) is 19.5 Å². The third-order valence-corrected chi connectivity index (χ3v) is 2.37. The van der Waals surface area contributed by atoms with E-state index in [4.69, 9.17) is 5.73 Å². The fourth-order valence-corrected chi connectivity index (χ4v) is 1.43. The summed E-state index contributed by atoms with van der Waals surface area (Å²) < 4.78 is 0. The van der Waals surface area contributed by atoms with Crippen LogP contribution in [-0.2, 0) is 4.79 Å². The Kier molecular flexibility index (Phi) is 4.84. The molecule has 0 spiro atoms. The first kappa shape index (κ1) is 11.7. The zero-order chi connectivity index (χ0) is 11.1. The van der Waals surface area contributed by atoms with Crippen molar-refractivity contribution in [1.82, 2.24) is 5.32 Å². The van der Waals surface area contributed by atoms with Crippen molar-refractivity contribution in [3.05, 3.63) is 35.9 Å². The molecule has 82 valence electrons. The molecule has 1 aromatic rings. The minimum Gasteiger partial charge on any atom is -0.370 e. The number of hydrogen-bond acceptors (Lipinski definition) is 2. The fourth-order valence-electron chi connectivity index (χ4n) is 1.43. The fraction of sp³-hybridized carbons (Fsp3) is 0.417. The van der Waals surface area contributed by atoms with E-state index in [1.165, 1.54) is 5.56 Å². The van der Waals surface area contributed by atoms with E-state index in [-0.39, 0.29) is 5.91 Å². The smallest absolute Gasteiger partial charge is 0.218 e. The van der Waals surface area contributed by atoms with E-state index < -0.39 is 0 Å². The summed E-state index contributed by atoms with van der Waals surface area (Å²) in [5, 5.41) is 3.21. The Labute approximate surface area is 90.7 Å². The van der Waals surface area contributed by atoms with Gasteiger partial charge < -0.3 is 11.1 Å². The Hall–Kier alpha value is -1.35. The van der Waals surface area contributed by atoms with Gasteiger partial charge in [-0.1, -0.05) is 37.3 Å². The lowest BCUT2D eigenvalue weighted by Crippen LogP contribution is -2.25.